The van der Waals surface area contributed by atoms with Gasteiger partial charge >= 0.3 is 5.97 Å². The molecule has 2 aromatic rings. The van der Waals surface area contributed by atoms with Gasteiger partial charge in [0.25, 0.3) is 0 Å². The highest BCUT2D eigenvalue weighted by Crippen LogP contribution is 2.35. The average Bonchev–Trinajstić information content (AvgIpc) is 3.16. The maximum Gasteiger partial charge on any atom is 0.336 e. The minimum Gasteiger partial charge on any atom is -0.487 e. The number of aromatic carboxylic acids is 1. The number of hydrogen-bond donors (Lipinski definition) is 1. The lowest BCUT2D eigenvalue weighted by Gasteiger charge is -2.10. The topological polar surface area (TPSA) is 64.3 Å². The number of hydrogen-bond acceptors (Lipinski definition) is 3. The van der Waals surface area contributed by atoms with Crippen molar-refractivity contribution in [1.82, 2.24) is 9.55 Å². The molecule has 1 aliphatic rings. The quantitative estimate of drug-likeness (QED) is 0.910. The van der Waals surface area contributed by atoms with Crippen molar-refractivity contribution >= 4 is 21.9 Å². The Bertz CT molecular complexity index is 650. The van der Waals surface area contributed by atoms with Gasteiger partial charge in [0.1, 0.15) is 12.4 Å². The smallest absolute Gasteiger partial charge is 0.336 e. The van der Waals surface area contributed by atoms with Crippen molar-refractivity contribution < 1.29 is 14.6 Å². The summed E-state index contributed by atoms with van der Waals surface area (Å²) in [5.74, 6) is -0.445. The molecule has 1 saturated carbocycles. The molecule has 0 spiro atoms. The molecule has 1 aliphatic carbocycles. The second kappa shape index (κ2) is 5.28. The third-order valence-electron chi connectivity index (χ3n) is 3.24. The normalized spacial score (nSPS) is 14.2. The molecule has 1 aromatic carbocycles. The van der Waals surface area contributed by atoms with Crippen LogP contribution in [0.1, 0.15) is 34.9 Å². The second-order valence-electron chi connectivity index (χ2n) is 4.76. The first-order chi connectivity index (χ1) is 9.65. The van der Waals surface area contributed by atoms with Crippen LogP contribution >= 0.6 is 15.9 Å². The van der Waals surface area contributed by atoms with Crippen LogP contribution < -0.4 is 4.74 Å². The summed E-state index contributed by atoms with van der Waals surface area (Å²) in [4.78, 5) is 15.2. The lowest BCUT2D eigenvalue weighted by Crippen LogP contribution is -2.04. The van der Waals surface area contributed by atoms with Gasteiger partial charge in [-0.3, -0.25) is 0 Å². The van der Waals surface area contributed by atoms with Gasteiger partial charge in [0, 0.05) is 10.5 Å². The number of benzene rings is 1. The van der Waals surface area contributed by atoms with Crippen molar-refractivity contribution in [2.45, 2.75) is 25.5 Å². The predicted molar refractivity (Wildman–Crippen MR) is 75.9 cm³/mol. The fraction of sp³-hybridized carbons (Fsp3) is 0.286. The zero-order valence-electron chi connectivity index (χ0n) is 10.6. The van der Waals surface area contributed by atoms with Gasteiger partial charge in [-0.25, -0.2) is 9.78 Å². The molecule has 0 amide bonds. The summed E-state index contributed by atoms with van der Waals surface area (Å²) in [6.07, 6.45) is 5.98. The van der Waals surface area contributed by atoms with Crippen LogP contribution in [-0.2, 0) is 6.61 Å². The zero-order chi connectivity index (χ0) is 14.1. The van der Waals surface area contributed by atoms with E-state index in [9.17, 15) is 4.79 Å². The summed E-state index contributed by atoms with van der Waals surface area (Å²) >= 11 is 3.21. The van der Waals surface area contributed by atoms with Gasteiger partial charge in [0.2, 0.25) is 0 Å². The van der Waals surface area contributed by atoms with Crippen LogP contribution in [0, 0.1) is 0 Å². The number of ether oxygens (including phenoxy) is 1. The monoisotopic (exact) mass is 336 g/mol. The fourth-order valence-electron chi connectivity index (χ4n) is 2.04. The van der Waals surface area contributed by atoms with Gasteiger partial charge in [0.05, 0.1) is 23.8 Å². The van der Waals surface area contributed by atoms with Crippen LogP contribution in [0.3, 0.4) is 0 Å². The van der Waals surface area contributed by atoms with Crippen molar-refractivity contribution in [2.24, 2.45) is 0 Å². The maximum atomic E-state index is 11.1. The molecule has 20 heavy (non-hydrogen) atoms. The highest BCUT2D eigenvalue weighted by molar-refractivity contribution is 9.10. The second-order valence-corrected chi connectivity index (χ2v) is 5.61. The summed E-state index contributed by atoms with van der Waals surface area (Å²) in [6.45, 7) is 0.386. The molecule has 1 aromatic heterocycles. The lowest BCUT2D eigenvalue weighted by atomic mass is 10.2. The lowest BCUT2D eigenvalue weighted by molar-refractivity contribution is 0.0695. The van der Waals surface area contributed by atoms with Gasteiger partial charge in [-0.15, -0.1) is 0 Å². The van der Waals surface area contributed by atoms with E-state index >= 15 is 0 Å². The third kappa shape index (κ3) is 2.70. The van der Waals surface area contributed by atoms with Gasteiger partial charge in [-0.05, 0) is 47.0 Å². The molecular formula is C14H13BrN2O3. The number of halogens is 1. The fourth-order valence-corrected chi connectivity index (χ4v) is 2.46. The summed E-state index contributed by atoms with van der Waals surface area (Å²) in [5.41, 5.74) is 1.20. The van der Waals surface area contributed by atoms with E-state index in [2.05, 4.69) is 25.5 Å². The molecule has 1 fully saturated rings. The van der Waals surface area contributed by atoms with E-state index in [1.54, 1.807) is 18.3 Å². The Morgan fingerprint density at radius 2 is 2.30 bits per heavy atom. The Morgan fingerprint density at radius 3 is 3.00 bits per heavy atom. The Hall–Kier alpha value is -1.82. The van der Waals surface area contributed by atoms with E-state index in [1.807, 2.05) is 6.33 Å². The minimum absolute atomic E-state index is 0.193. The molecule has 5 nitrogen and oxygen atoms in total. The van der Waals surface area contributed by atoms with Crippen LogP contribution in [-0.4, -0.2) is 20.6 Å². The standard InChI is InChI=1S/C14H13BrN2O3/c15-13-4-3-11(5-12(13)14(18)19)20-7-10-6-16-8-17(10)9-1-2-9/h3-6,8-9H,1-2,7H2,(H,18,19). The first-order valence-electron chi connectivity index (χ1n) is 6.31. The summed E-state index contributed by atoms with van der Waals surface area (Å²) in [7, 11) is 0. The summed E-state index contributed by atoms with van der Waals surface area (Å²) in [6, 6.07) is 5.49. The SMILES string of the molecule is O=C(O)c1cc(OCc2cncn2C2CC2)ccc1Br. The number of imidazole rings is 1. The van der Waals surface area contributed by atoms with Gasteiger partial charge in [-0.1, -0.05) is 0 Å². The van der Waals surface area contributed by atoms with Gasteiger partial charge in [-0.2, -0.15) is 0 Å². The van der Waals surface area contributed by atoms with Crippen LogP contribution in [0.5, 0.6) is 5.75 Å². The number of carboxylic acids is 1. The number of carbonyl (C=O) groups is 1. The Morgan fingerprint density at radius 1 is 1.50 bits per heavy atom. The Balaban J connectivity index is 1.73. The molecule has 6 heteroatoms. The molecule has 0 atom stereocenters. The molecule has 1 N–H and O–H groups in total. The van der Waals surface area contributed by atoms with Crippen molar-refractivity contribution in [2.75, 3.05) is 0 Å². The highest BCUT2D eigenvalue weighted by atomic mass is 79.9. The van der Waals surface area contributed by atoms with E-state index in [1.165, 1.54) is 18.9 Å². The minimum atomic E-state index is -0.981. The van der Waals surface area contributed by atoms with E-state index in [4.69, 9.17) is 9.84 Å². The maximum absolute atomic E-state index is 11.1. The molecule has 0 bridgehead atoms. The number of carboxylic acid groups (broad SMARTS) is 1. The van der Waals surface area contributed by atoms with Gasteiger partial charge < -0.3 is 14.4 Å². The van der Waals surface area contributed by atoms with Crippen LogP contribution in [0.15, 0.2) is 35.2 Å². The molecule has 104 valence electrons. The first kappa shape index (κ1) is 13.2. The van der Waals surface area contributed by atoms with E-state index < -0.39 is 5.97 Å². The van der Waals surface area contributed by atoms with Crippen LogP contribution in [0.25, 0.3) is 0 Å². The molecule has 0 aliphatic heterocycles. The van der Waals surface area contributed by atoms with E-state index in [-0.39, 0.29) is 5.56 Å². The number of nitrogens with zero attached hydrogens (tertiary/aromatic N) is 2. The molecule has 0 unspecified atom stereocenters. The first-order valence-corrected chi connectivity index (χ1v) is 7.11. The van der Waals surface area contributed by atoms with Crippen molar-refractivity contribution in [3.8, 4) is 5.75 Å². The van der Waals surface area contributed by atoms with Crippen molar-refractivity contribution in [3.63, 3.8) is 0 Å². The average molecular weight is 337 g/mol. The molecule has 0 radical (unpaired) electrons. The largest absolute Gasteiger partial charge is 0.487 e. The summed E-state index contributed by atoms with van der Waals surface area (Å²) < 4.78 is 8.33. The molecule has 0 saturated heterocycles. The number of rotatable bonds is 5. The van der Waals surface area contributed by atoms with Crippen LogP contribution in [0.4, 0.5) is 0 Å². The highest BCUT2D eigenvalue weighted by Gasteiger charge is 2.25. The van der Waals surface area contributed by atoms with Crippen molar-refractivity contribution in [1.29, 1.82) is 0 Å². The molecule has 1 heterocycles. The van der Waals surface area contributed by atoms with Crippen LogP contribution in [0.2, 0.25) is 0 Å². The Kier molecular flexibility index (Phi) is 3.48. The predicted octanol–water partition coefficient (Wildman–Crippen LogP) is 3.26. The Labute approximate surface area is 124 Å². The summed E-state index contributed by atoms with van der Waals surface area (Å²) in [5, 5.41) is 9.07. The van der Waals surface area contributed by atoms with Crippen molar-refractivity contribution in [3.05, 3.63) is 46.5 Å². The van der Waals surface area contributed by atoms with E-state index in [0.29, 0.717) is 22.9 Å². The third-order valence-corrected chi connectivity index (χ3v) is 3.93. The molecule has 3 rings (SSSR count). The van der Waals surface area contributed by atoms with Gasteiger partial charge in [0.15, 0.2) is 0 Å². The zero-order valence-corrected chi connectivity index (χ0v) is 12.2. The molecular weight excluding hydrogens is 324 g/mol. The van der Waals surface area contributed by atoms with E-state index in [0.717, 1.165) is 5.69 Å². The number of aromatic nitrogens is 2.